The first kappa shape index (κ1) is 12.9. The molecule has 4 heteroatoms. The van der Waals surface area contributed by atoms with Gasteiger partial charge in [0.1, 0.15) is 5.52 Å². The van der Waals surface area contributed by atoms with Crippen LogP contribution in [-0.4, -0.2) is 17.4 Å². The third kappa shape index (κ3) is 2.90. The average molecular weight is 270 g/mol. The monoisotopic (exact) mass is 270 g/mol. The third-order valence-corrected chi connectivity index (χ3v) is 3.58. The Balaban J connectivity index is 1.44. The number of oxazole rings is 1. The predicted molar refractivity (Wildman–Crippen MR) is 77.2 cm³/mol. The standard InChI is InChI=1S/C16H18N2O2/c19-16(12-6-1-2-7-12)17-11-5-10-15-18-13-8-3-4-9-14(13)20-15/h1-4,8-9,12H,5-7,10-11H2,(H,17,19). The van der Waals surface area contributed by atoms with Crippen molar-refractivity contribution in [2.75, 3.05) is 6.54 Å². The molecule has 0 bridgehead atoms. The minimum Gasteiger partial charge on any atom is -0.441 e. The molecular weight excluding hydrogens is 252 g/mol. The molecule has 20 heavy (non-hydrogen) atoms. The Bertz CT molecular complexity index is 589. The number of para-hydroxylation sites is 2. The zero-order chi connectivity index (χ0) is 13.8. The number of hydrogen-bond acceptors (Lipinski definition) is 3. The van der Waals surface area contributed by atoms with Gasteiger partial charge in [-0.05, 0) is 31.4 Å². The van der Waals surface area contributed by atoms with E-state index >= 15 is 0 Å². The van der Waals surface area contributed by atoms with Gasteiger partial charge >= 0.3 is 0 Å². The van der Waals surface area contributed by atoms with Crippen LogP contribution in [0.4, 0.5) is 0 Å². The molecule has 0 radical (unpaired) electrons. The highest BCUT2D eigenvalue weighted by molar-refractivity contribution is 5.79. The largest absolute Gasteiger partial charge is 0.441 e. The van der Waals surface area contributed by atoms with Crippen LogP contribution in [0.5, 0.6) is 0 Å². The molecule has 3 rings (SSSR count). The molecule has 0 fully saturated rings. The molecule has 1 aliphatic rings. The fourth-order valence-electron chi connectivity index (χ4n) is 2.45. The number of rotatable bonds is 5. The van der Waals surface area contributed by atoms with Crippen LogP contribution in [0.25, 0.3) is 11.1 Å². The number of nitrogens with zero attached hydrogens (tertiary/aromatic N) is 1. The minimum atomic E-state index is 0.138. The number of aromatic nitrogens is 1. The van der Waals surface area contributed by atoms with Crippen molar-refractivity contribution >= 4 is 17.0 Å². The van der Waals surface area contributed by atoms with Crippen LogP contribution in [0.15, 0.2) is 40.8 Å². The Kier molecular flexibility index (Phi) is 3.81. The van der Waals surface area contributed by atoms with E-state index in [0.717, 1.165) is 42.7 Å². The molecule has 0 unspecified atom stereocenters. The summed E-state index contributed by atoms with van der Waals surface area (Å²) in [5, 5.41) is 2.98. The first-order valence-corrected chi connectivity index (χ1v) is 7.10. The Morgan fingerprint density at radius 1 is 1.30 bits per heavy atom. The van der Waals surface area contributed by atoms with Gasteiger partial charge in [-0.2, -0.15) is 0 Å². The van der Waals surface area contributed by atoms with Gasteiger partial charge < -0.3 is 9.73 Å². The normalized spacial score (nSPS) is 15.0. The van der Waals surface area contributed by atoms with E-state index in [-0.39, 0.29) is 11.8 Å². The van der Waals surface area contributed by atoms with Crippen LogP contribution in [0.3, 0.4) is 0 Å². The lowest BCUT2D eigenvalue weighted by Crippen LogP contribution is -2.30. The van der Waals surface area contributed by atoms with E-state index in [2.05, 4.69) is 22.5 Å². The molecule has 1 N–H and O–H groups in total. The van der Waals surface area contributed by atoms with Crippen molar-refractivity contribution < 1.29 is 9.21 Å². The molecule has 1 amide bonds. The first-order chi connectivity index (χ1) is 9.83. The summed E-state index contributed by atoms with van der Waals surface area (Å²) in [6, 6.07) is 7.75. The van der Waals surface area contributed by atoms with Crippen molar-refractivity contribution in [3.05, 3.63) is 42.3 Å². The number of carbonyl (C=O) groups excluding carboxylic acids is 1. The molecule has 1 heterocycles. The van der Waals surface area contributed by atoms with Crippen molar-refractivity contribution in [1.82, 2.24) is 10.3 Å². The number of carbonyl (C=O) groups is 1. The fourth-order valence-corrected chi connectivity index (χ4v) is 2.45. The van der Waals surface area contributed by atoms with Gasteiger partial charge in [0.25, 0.3) is 0 Å². The molecule has 0 spiro atoms. The smallest absolute Gasteiger partial charge is 0.223 e. The van der Waals surface area contributed by atoms with E-state index in [1.165, 1.54) is 0 Å². The molecule has 0 saturated carbocycles. The fraction of sp³-hybridized carbons (Fsp3) is 0.375. The summed E-state index contributed by atoms with van der Waals surface area (Å²) in [5.41, 5.74) is 1.71. The Labute approximate surface area is 117 Å². The van der Waals surface area contributed by atoms with Crippen molar-refractivity contribution in [2.45, 2.75) is 25.7 Å². The average Bonchev–Trinajstić information content (AvgIpc) is 3.11. The quantitative estimate of drug-likeness (QED) is 0.671. The van der Waals surface area contributed by atoms with Gasteiger partial charge in [0.05, 0.1) is 0 Å². The number of nitrogens with one attached hydrogen (secondary N) is 1. The summed E-state index contributed by atoms with van der Waals surface area (Å²) >= 11 is 0. The Hall–Kier alpha value is -2.10. The molecule has 0 aliphatic heterocycles. The second-order valence-electron chi connectivity index (χ2n) is 5.11. The second kappa shape index (κ2) is 5.90. The highest BCUT2D eigenvalue weighted by atomic mass is 16.3. The molecule has 1 aliphatic carbocycles. The number of amides is 1. The van der Waals surface area contributed by atoms with Crippen LogP contribution in [0.2, 0.25) is 0 Å². The lowest BCUT2D eigenvalue weighted by atomic mass is 10.1. The zero-order valence-corrected chi connectivity index (χ0v) is 11.3. The van der Waals surface area contributed by atoms with E-state index in [4.69, 9.17) is 4.42 Å². The molecule has 0 saturated heterocycles. The summed E-state index contributed by atoms with van der Waals surface area (Å²) in [6.07, 6.45) is 7.48. The van der Waals surface area contributed by atoms with Gasteiger partial charge in [0.15, 0.2) is 11.5 Å². The molecular formula is C16H18N2O2. The summed E-state index contributed by atoms with van der Waals surface area (Å²) in [7, 11) is 0. The summed E-state index contributed by atoms with van der Waals surface area (Å²) in [5.74, 6) is 1.04. The van der Waals surface area contributed by atoms with Gasteiger partial charge in [0.2, 0.25) is 5.91 Å². The molecule has 1 aromatic carbocycles. The maximum absolute atomic E-state index is 11.8. The van der Waals surface area contributed by atoms with E-state index in [1.54, 1.807) is 0 Å². The van der Waals surface area contributed by atoms with Crippen LogP contribution in [0.1, 0.15) is 25.2 Å². The second-order valence-corrected chi connectivity index (χ2v) is 5.11. The van der Waals surface area contributed by atoms with Gasteiger partial charge in [-0.25, -0.2) is 4.98 Å². The maximum Gasteiger partial charge on any atom is 0.223 e. The van der Waals surface area contributed by atoms with Crippen LogP contribution in [-0.2, 0) is 11.2 Å². The van der Waals surface area contributed by atoms with Crippen LogP contribution in [0, 0.1) is 5.92 Å². The van der Waals surface area contributed by atoms with Gasteiger partial charge in [-0.1, -0.05) is 24.3 Å². The SMILES string of the molecule is O=C(NCCCc1nc2ccccc2o1)C1CC=CC1. The van der Waals surface area contributed by atoms with E-state index < -0.39 is 0 Å². The number of aryl methyl sites for hydroxylation is 1. The Morgan fingerprint density at radius 3 is 2.90 bits per heavy atom. The third-order valence-electron chi connectivity index (χ3n) is 3.58. The van der Waals surface area contributed by atoms with E-state index in [0.29, 0.717) is 6.54 Å². The van der Waals surface area contributed by atoms with Crippen LogP contribution < -0.4 is 5.32 Å². The van der Waals surface area contributed by atoms with E-state index in [1.807, 2.05) is 24.3 Å². The summed E-state index contributed by atoms with van der Waals surface area (Å²) in [6.45, 7) is 0.675. The topological polar surface area (TPSA) is 55.1 Å². The number of hydrogen-bond donors (Lipinski definition) is 1. The molecule has 2 aromatic rings. The summed E-state index contributed by atoms with van der Waals surface area (Å²) in [4.78, 5) is 16.2. The minimum absolute atomic E-state index is 0.138. The van der Waals surface area contributed by atoms with Crippen LogP contribution >= 0.6 is 0 Å². The van der Waals surface area contributed by atoms with Crippen molar-refractivity contribution in [2.24, 2.45) is 5.92 Å². The molecule has 1 aromatic heterocycles. The first-order valence-electron chi connectivity index (χ1n) is 7.10. The number of fused-ring (bicyclic) bond motifs is 1. The van der Waals surface area contributed by atoms with Crippen molar-refractivity contribution in [3.63, 3.8) is 0 Å². The van der Waals surface area contributed by atoms with Gasteiger partial charge in [-0.3, -0.25) is 4.79 Å². The highest BCUT2D eigenvalue weighted by Gasteiger charge is 2.18. The van der Waals surface area contributed by atoms with Gasteiger partial charge in [0, 0.05) is 18.9 Å². The van der Waals surface area contributed by atoms with Crippen molar-refractivity contribution in [3.8, 4) is 0 Å². The predicted octanol–water partition coefficient (Wildman–Crippen LogP) is 2.84. The maximum atomic E-state index is 11.8. The number of allylic oxidation sites excluding steroid dienone is 2. The molecule has 104 valence electrons. The van der Waals surface area contributed by atoms with Crippen molar-refractivity contribution in [1.29, 1.82) is 0 Å². The molecule has 0 atom stereocenters. The lowest BCUT2D eigenvalue weighted by molar-refractivity contribution is -0.124. The number of benzene rings is 1. The highest BCUT2D eigenvalue weighted by Crippen LogP contribution is 2.18. The summed E-state index contributed by atoms with van der Waals surface area (Å²) < 4.78 is 5.64. The van der Waals surface area contributed by atoms with E-state index in [9.17, 15) is 4.79 Å². The lowest BCUT2D eigenvalue weighted by Gasteiger charge is -2.09. The zero-order valence-electron chi connectivity index (χ0n) is 11.3. The van der Waals surface area contributed by atoms with Gasteiger partial charge in [-0.15, -0.1) is 0 Å². The Morgan fingerprint density at radius 2 is 2.10 bits per heavy atom. The molecule has 4 nitrogen and oxygen atoms in total.